The van der Waals surface area contributed by atoms with Crippen molar-refractivity contribution in [1.29, 1.82) is 0 Å². The molecule has 0 saturated carbocycles. The lowest BCUT2D eigenvalue weighted by Gasteiger charge is -2.09. The Hall–Kier alpha value is -2.96. The van der Waals surface area contributed by atoms with Gasteiger partial charge in [-0.25, -0.2) is 13.8 Å². The van der Waals surface area contributed by atoms with Gasteiger partial charge < -0.3 is 16.1 Å². The summed E-state index contributed by atoms with van der Waals surface area (Å²) in [5.41, 5.74) is 1.22. The van der Waals surface area contributed by atoms with Gasteiger partial charge >= 0.3 is 0 Å². The molecule has 0 unspecified atom stereocenters. The highest BCUT2D eigenvalue weighted by Crippen LogP contribution is 2.20. The molecule has 0 aliphatic heterocycles. The van der Waals surface area contributed by atoms with Gasteiger partial charge in [-0.05, 0) is 24.3 Å². The van der Waals surface area contributed by atoms with Crippen molar-refractivity contribution in [3.05, 3.63) is 59.9 Å². The molecule has 5 nitrogen and oxygen atoms in total. The third kappa shape index (κ3) is 2.29. The Morgan fingerprint density at radius 2 is 2.10 bits per heavy atom. The van der Waals surface area contributed by atoms with E-state index in [0.29, 0.717) is 11.2 Å². The number of hydrogen-bond acceptors (Lipinski definition) is 3. The van der Waals surface area contributed by atoms with Crippen LogP contribution < -0.4 is 11.2 Å². The number of nitrogens with one attached hydrogen (secondary N) is 2. The van der Waals surface area contributed by atoms with Crippen molar-refractivity contribution in [1.82, 2.24) is 9.97 Å². The van der Waals surface area contributed by atoms with Crippen molar-refractivity contribution in [3.63, 3.8) is 0 Å². The Morgan fingerprint density at radius 1 is 1.24 bits per heavy atom. The van der Waals surface area contributed by atoms with Crippen molar-refractivity contribution in [2.45, 2.75) is 0 Å². The molecule has 0 spiro atoms. The number of nitrogens with two attached hydrogens (primary N) is 1. The molecular formula is C14H11F2N5. The number of amidine groups is 1. The van der Waals surface area contributed by atoms with Crippen molar-refractivity contribution in [2.75, 3.05) is 5.32 Å². The summed E-state index contributed by atoms with van der Waals surface area (Å²) in [5, 5.41) is 7.08. The van der Waals surface area contributed by atoms with E-state index in [1.54, 1.807) is 18.5 Å². The Labute approximate surface area is 118 Å². The fourth-order valence-corrected chi connectivity index (χ4v) is 2.05. The predicted molar refractivity (Wildman–Crippen MR) is 76.8 cm³/mol. The van der Waals surface area contributed by atoms with Crippen LogP contribution in [0.25, 0.3) is 11.0 Å². The Kier molecular flexibility index (Phi) is 3.23. The summed E-state index contributed by atoms with van der Waals surface area (Å²) < 4.78 is 26.9. The normalized spacial score (nSPS) is 11.8. The molecule has 0 atom stereocenters. The second-order valence-corrected chi connectivity index (χ2v) is 4.31. The lowest BCUT2D eigenvalue weighted by molar-refractivity contribution is 0.512. The third-order valence-electron chi connectivity index (χ3n) is 3.04. The highest BCUT2D eigenvalue weighted by molar-refractivity contribution is 6.15. The number of hydrogen-bond donors (Lipinski definition) is 3. The summed E-state index contributed by atoms with van der Waals surface area (Å²) in [6, 6.07) is 7.41. The quantitative estimate of drug-likeness (QED) is 0.293. The molecule has 7 heteroatoms. The standard InChI is InChI=1S/C14H11F2N5/c15-10-4-1-5-11(12(10)16)20-14(21-17)9-7-19-13-8(9)3-2-6-18-13/h1-7H,17H2,(H,18,19)(H,20,21). The minimum atomic E-state index is -0.989. The maximum atomic E-state index is 13.7. The van der Waals surface area contributed by atoms with E-state index in [1.807, 2.05) is 6.07 Å². The predicted octanol–water partition coefficient (Wildman–Crippen LogP) is 2.57. The minimum absolute atomic E-state index is 0.0440. The highest BCUT2D eigenvalue weighted by atomic mass is 19.2. The molecular weight excluding hydrogens is 276 g/mol. The summed E-state index contributed by atoms with van der Waals surface area (Å²) in [6.07, 6.45) is 3.29. The van der Waals surface area contributed by atoms with Gasteiger partial charge in [-0.15, -0.1) is 0 Å². The van der Waals surface area contributed by atoms with Crippen LogP contribution in [0.5, 0.6) is 0 Å². The first-order valence-corrected chi connectivity index (χ1v) is 6.12. The van der Waals surface area contributed by atoms with Crippen LogP contribution in [0.1, 0.15) is 5.56 Å². The number of benzene rings is 1. The summed E-state index contributed by atoms with van der Waals surface area (Å²) in [6.45, 7) is 0. The molecule has 4 N–H and O–H groups in total. The van der Waals surface area contributed by atoms with Crippen LogP contribution in [-0.2, 0) is 0 Å². The number of pyridine rings is 1. The van der Waals surface area contributed by atoms with Crippen LogP contribution in [0, 0.1) is 11.6 Å². The topological polar surface area (TPSA) is 79.1 Å². The molecule has 21 heavy (non-hydrogen) atoms. The SMILES string of the molecule is N/N=C(\Nc1cccc(F)c1F)c1c[nH]c2ncccc12. The van der Waals surface area contributed by atoms with Crippen LogP contribution >= 0.6 is 0 Å². The fraction of sp³-hybridized carbons (Fsp3) is 0. The van der Waals surface area contributed by atoms with Crippen molar-refractivity contribution < 1.29 is 8.78 Å². The molecule has 0 aliphatic carbocycles. The maximum absolute atomic E-state index is 13.7. The Bertz CT molecular complexity index is 825. The van der Waals surface area contributed by atoms with Gasteiger partial charge in [0.1, 0.15) is 5.65 Å². The Morgan fingerprint density at radius 3 is 2.90 bits per heavy atom. The molecule has 3 rings (SSSR count). The van der Waals surface area contributed by atoms with Crippen LogP contribution in [0.15, 0.2) is 47.8 Å². The van der Waals surface area contributed by atoms with Gasteiger partial charge in [0.25, 0.3) is 0 Å². The molecule has 0 fully saturated rings. The molecule has 1 aromatic carbocycles. The molecule has 106 valence electrons. The van der Waals surface area contributed by atoms with Crippen LogP contribution in [0.4, 0.5) is 14.5 Å². The van der Waals surface area contributed by atoms with Crippen LogP contribution in [-0.4, -0.2) is 15.8 Å². The number of nitrogens with zero attached hydrogens (tertiary/aromatic N) is 2. The molecule has 2 aromatic heterocycles. The summed E-state index contributed by atoms with van der Waals surface area (Å²) in [4.78, 5) is 7.10. The lowest BCUT2D eigenvalue weighted by Crippen LogP contribution is -2.16. The Balaban J connectivity index is 2.02. The first-order chi connectivity index (χ1) is 10.2. The van der Waals surface area contributed by atoms with E-state index >= 15 is 0 Å². The van der Waals surface area contributed by atoms with Gasteiger partial charge in [-0.3, -0.25) is 0 Å². The molecule has 2 heterocycles. The lowest BCUT2D eigenvalue weighted by atomic mass is 10.2. The first-order valence-electron chi connectivity index (χ1n) is 6.12. The van der Waals surface area contributed by atoms with Gasteiger partial charge in [0.2, 0.25) is 0 Å². The average Bonchev–Trinajstić information content (AvgIpc) is 2.93. The zero-order valence-corrected chi connectivity index (χ0v) is 10.8. The number of hydrazone groups is 1. The second kappa shape index (κ2) is 5.20. The largest absolute Gasteiger partial charge is 0.345 e. The molecule has 0 radical (unpaired) electrons. The minimum Gasteiger partial charge on any atom is -0.345 e. The van der Waals surface area contributed by atoms with E-state index in [4.69, 9.17) is 5.84 Å². The molecule has 3 aromatic rings. The highest BCUT2D eigenvalue weighted by Gasteiger charge is 2.14. The van der Waals surface area contributed by atoms with E-state index in [0.717, 1.165) is 11.5 Å². The van der Waals surface area contributed by atoms with E-state index in [1.165, 1.54) is 12.1 Å². The van der Waals surface area contributed by atoms with E-state index < -0.39 is 11.6 Å². The van der Waals surface area contributed by atoms with E-state index in [2.05, 4.69) is 20.4 Å². The molecule has 0 amide bonds. The van der Waals surface area contributed by atoms with E-state index in [-0.39, 0.29) is 11.5 Å². The zero-order chi connectivity index (χ0) is 14.8. The molecule has 0 saturated heterocycles. The van der Waals surface area contributed by atoms with Gasteiger partial charge in [0, 0.05) is 23.3 Å². The summed E-state index contributed by atoms with van der Waals surface area (Å²) in [5.74, 6) is 3.64. The number of aromatic nitrogens is 2. The van der Waals surface area contributed by atoms with Gasteiger partial charge in [-0.1, -0.05) is 6.07 Å². The number of anilines is 1. The van der Waals surface area contributed by atoms with Gasteiger partial charge in [0.05, 0.1) is 5.69 Å². The van der Waals surface area contributed by atoms with Crippen molar-refractivity contribution in [2.24, 2.45) is 10.9 Å². The summed E-state index contributed by atoms with van der Waals surface area (Å²) >= 11 is 0. The van der Waals surface area contributed by atoms with Crippen molar-refractivity contribution in [3.8, 4) is 0 Å². The van der Waals surface area contributed by atoms with Gasteiger partial charge in [-0.2, -0.15) is 5.10 Å². The van der Waals surface area contributed by atoms with Crippen LogP contribution in [0.2, 0.25) is 0 Å². The van der Waals surface area contributed by atoms with E-state index in [9.17, 15) is 8.78 Å². The smallest absolute Gasteiger partial charge is 0.182 e. The number of fused-ring (bicyclic) bond motifs is 1. The zero-order valence-electron chi connectivity index (χ0n) is 10.8. The molecule has 0 aliphatic rings. The van der Waals surface area contributed by atoms with Crippen molar-refractivity contribution >= 4 is 22.6 Å². The number of aromatic amines is 1. The third-order valence-corrected chi connectivity index (χ3v) is 3.04. The number of rotatable bonds is 2. The number of halogens is 2. The maximum Gasteiger partial charge on any atom is 0.182 e. The van der Waals surface area contributed by atoms with Gasteiger partial charge in [0.15, 0.2) is 17.5 Å². The summed E-state index contributed by atoms with van der Waals surface area (Å²) in [7, 11) is 0. The van der Waals surface area contributed by atoms with Crippen LogP contribution in [0.3, 0.4) is 0 Å². The monoisotopic (exact) mass is 287 g/mol. The second-order valence-electron chi connectivity index (χ2n) is 4.31. The molecule has 0 bridgehead atoms. The first kappa shape index (κ1) is 13.0. The average molecular weight is 287 g/mol. The fourth-order valence-electron chi connectivity index (χ4n) is 2.05. The number of H-pyrrole nitrogens is 1.